The molecule has 7 heteroatoms. The van der Waals surface area contributed by atoms with E-state index in [4.69, 9.17) is 81.2 Å². The van der Waals surface area contributed by atoms with E-state index in [0.29, 0.717) is 5.56 Å². The normalized spacial score (nSPS) is 13.6. The minimum absolute atomic E-state index is 0.521. The van der Waals surface area contributed by atoms with Gasteiger partial charge in [-0.15, -0.1) is 0 Å². The standard InChI is InChI=1S/C13H12Cl7/c1-2-3-6-9-7-4-5-8-10(9)11(14,15)12(16,17)13(18,19)20/h4-5,7-8H,1-3,6H2. The van der Waals surface area contributed by atoms with Crippen molar-refractivity contribution in [1.82, 2.24) is 0 Å². The molecule has 0 heterocycles. The summed E-state index contributed by atoms with van der Waals surface area (Å²) in [6.07, 6.45) is 2.38. The molecule has 0 atom stereocenters. The number of halogens is 7. The van der Waals surface area contributed by atoms with Crippen LogP contribution in [0.2, 0.25) is 0 Å². The van der Waals surface area contributed by atoms with Gasteiger partial charge in [0.05, 0.1) is 0 Å². The van der Waals surface area contributed by atoms with Gasteiger partial charge in [-0.25, -0.2) is 0 Å². The number of rotatable bonds is 5. The average Bonchev–Trinajstić information content (AvgIpc) is 2.35. The van der Waals surface area contributed by atoms with Crippen molar-refractivity contribution in [3.8, 4) is 0 Å². The fraction of sp³-hybridized carbons (Fsp3) is 0.462. The van der Waals surface area contributed by atoms with E-state index in [1.165, 1.54) is 0 Å². The minimum atomic E-state index is -2.06. The summed E-state index contributed by atoms with van der Waals surface area (Å²) >= 11 is 42.4. The van der Waals surface area contributed by atoms with Crippen LogP contribution in [0.4, 0.5) is 0 Å². The molecule has 113 valence electrons. The van der Waals surface area contributed by atoms with Gasteiger partial charge in [-0.2, -0.15) is 0 Å². The molecule has 0 unspecified atom stereocenters. The molecule has 0 aliphatic heterocycles. The first-order valence-corrected chi connectivity index (χ1v) is 8.40. The Morgan fingerprint density at radius 1 is 0.900 bits per heavy atom. The summed E-state index contributed by atoms with van der Waals surface area (Å²) in [5.41, 5.74) is 1.41. The Hall–Kier alpha value is 1.25. The summed E-state index contributed by atoms with van der Waals surface area (Å²) in [4.78, 5) is 0. The maximum Gasteiger partial charge on any atom is 0.226 e. The van der Waals surface area contributed by atoms with Crippen LogP contribution in [0.5, 0.6) is 0 Å². The van der Waals surface area contributed by atoms with Crippen molar-refractivity contribution in [3.63, 3.8) is 0 Å². The van der Waals surface area contributed by atoms with E-state index in [1.807, 2.05) is 12.1 Å². The predicted molar refractivity (Wildman–Crippen MR) is 92.8 cm³/mol. The van der Waals surface area contributed by atoms with Crippen LogP contribution in [0.15, 0.2) is 24.3 Å². The lowest BCUT2D eigenvalue weighted by molar-refractivity contribution is 0.685. The Kier molecular flexibility index (Phi) is 6.96. The van der Waals surface area contributed by atoms with Crippen LogP contribution < -0.4 is 0 Å². The Balaban J connectivity index is 3.28. The van der Waals surface area contributed by atoms with Crippen LogP contribution in [0.1, 0.15) is 24.0 Å². The van der Waals surface area contributed by atoms with Crippen molar-refractivity contribution in [2.24, 2.45) is 0 Å². The zero-order chi connectivity index (χ0) is 15.6. The molecule has 0 aliphatic rings. The Morgan fingerprint density at radius 3 is 1.95 bits per heavy atom. The third kappa shape index (κ3) is 3.96. The van der Waals surface area contributed by atoms with Crippen LogP contribution in [-0.4, -0.2) is 8.13 Å². The van der Waals surface area contributed by atoms with Crippen molar-refractivity contribution in [2.75, 3.05) is 0 Å². The highest BCUT2D eigenvalue weighted by Gasteiger charge is 2.61. The first kappa shape index (κ1) is 19.3. The number of hydrogen-bond donors (Lipinski definition) is 0. The molecule has 0 nitrogen and oxygen atoms in total. The molecule has 0 fully saturated rings. The van der Waals surface area contributed by atoms with E-state index in [0.717, 1.165) is 24.8 Å². The smallest absolute Gasteiger partial charge is 0.0930 e. The molecule has 1 aromatic carbocycles. The van der Waals surface area contributed by atoms with Gasteiger partial charge < -0.3 is 0 Å². The van der Waals surface area contributed by atoms with Gasteiger partial charge in [0.1, 0.15) is 0 Å². The lowest BCUT2D eigenvalue weighted by Crippen LogP contribution is -2.45. The van der Waals surface area contributed by atoms with Crippen molar-refractivity contribution >= 4 is 81.2 Å². The first-order valence-electron chi connectivity index (χ1n) is 5.75. The molecule has 20 heavy (non-hydrogen) atoms. The highest BCUT2D eigenvalue weighted by atomic mass is 35.6. The van der Waals surface area contributed by atoms with Crippen LogP contribution >= 0.6 is 81.2 Å². The fourth-order valence-corrected chi connectivity index (χ4v) is 3.28. The topological polar surface area (TPSA) is 0 Å². The monoisotopic (exact) mass is 413 g/mol. The highest BCUT2D eigenvalue weighted by Crippen LogP contribution is 2.61. The third-order valence-corrected chi connectivity index (χ3v) is 6.73. The van der Waals surface area contributed by atoms with Gasteiger partial charge in [0.2, 0.25) is 8.13 Å². The van der Waals surface area contributed by atoms with E-state index in [-0.39, 0.29) is 0 Å². The maximum absolute atomic E-state index is 6.35. The molecule has 0 bridgehead atoms. The van der Waals surface area contributed by atoms with Gasteiger partial charge in [-0.3, -0.25) is 0 Å². The molecule has 1 rings (SSSR count). The second-order valence-corrected chi connectivity index (χ2v) is 9.20. The van der Waals surface area contributed by atoms with E-state index >= 15 is 0 Å². The van der Waals surface area contributed by atoms with Gasteiger partial charge in [-0.1, -0.05) is 119 Å². The van der Waals surface area contributed by atoms with Crippen molar-refractivity contribution in [3.05, 3.63) is 42.3 Å². The second-order valence-electron chi connectivity index (χ2n) is 4.26. The fourth-order valence-electron chi connectivity index (χ4n) is 1.71. The Bertz CT molecular complexity index is 448. The predicted octanol–water partition coefficient (Wildman–Crippen LogP) is 7.02. The minimum Gasteiger partial charge on any atom is -0.0930 e. The average molecular weight is 416 g/mol. The van der Waals surface area contributed by atoms with E-state index in [2.05, 4.69) is 6.92 Å². The number of hydrogen-bond acceptors (Lipinski definition) is 0. The summed E-state index contributed by atoms with van der Waals surface area (Å²) in [7, 11) is 0. The number of aryl methyl sites for hydroxylation is 1. The van der Waals surface area contributed by atoms with Crippen LogP contribution in [0.25, 0.3) is 0 Å². The molecule has 0 spiro atoms. The third-order valence-electron chi connectivity index (χ3n) is 2.80. The van der Waals surface area contributed by atoms with E-state index < -0.39 is 12.5 Å². The van der Waals surface area contributed by atoms with Gasteiger partial charge >= 0.3 is 0 Å². The summed E-state index contributed by atoms with van der Waals surface area (Å²) < 4.78 is -5.85. The molecule has 0 saturated carbocycles. The van der Waals surface area contributed by atoms with E-state index in [1.54, 1.807) is 12.1 Å². The van der Waals surface area contributed by atoms with Crippen LogP contribution in [0, 0.1) is 6.92 Å². The van der Waals surface area contributed by atoms with Gasteiger partial charge in [0.25, 0.3) is 0 Å². The molecule has 1 aromatic rings. The Morgan fingerprint density at radius 2 is 1.45 bits per heavy atom. The summed E-state index contributed by atoms with van der Waals surface area (Å²) in [6, 6.07) is 7.23. The molecule has 0 amide bonds. The number of benzene rings is 1. The molecule has 0 aliphatic carbocycles. The van der Waals surface area contributed by atoms with Crippen molar-refractivity contribution in [2.45, 2.75) is 31.7 Å². The lowest BCUT2D eigenvalue weighted by Gasteiger charge is -2.38. The largest absolute Gasteiger partial charge is 0.226 e. The van der Waals surface area contributed by atoms with Gasteiger partial charge in [0, 0.05) is 0 Å². The highest BCUT2D eigenvalue weighted by molar-refractivity contribution is 6.78. The molecule has 0 saturated heterocycles. The molecule has 0 N–H and O–H groups in total. The molecule has 1 radical (unpaired) electrons. The zero-order valence-corrected chi connectivity index (χ0v) is 15.6. The summed E-state index contributed by atoms with van der Waals surface area (Å²) in [5.74, 6) is 0. The molecular formula is C13H12Cl7. The lowest BCUT2D eigenvalue weighted by atomic mass is 9.97. The SMILES string of the molecule is [CH2]CCCc1ccccc1C(Cl)(Cl)C(Cl)(Cl)C(Cl)(Cl)Cl. The zero-order valence-electron chi connectivity index (χ0n) is 10.3. The first-order chi connectivity index (χ1) is 9.05. The van der Waals surface area contributed by atoms with Gasteiger partial charge in [0.15, 0.2) is 4.33 Å². The second kappa shape index (κ2) is 7.21. The number of unbranched alkanes of at least 4 members (excludes halogenated alkanes) is 1. The summed E-state index contributed by atoms with van der Waals surface area (Å²) in [6.45, 7) is 3.80. The van der Waals surface area contributed by atoms with E-state index in [9.17, 15) is 0 Å². The van der Waals surface area contributed by atoms with Crippen LogP contribution in [0.3, 0.4) is 0 Å². The molecule has 0 aromatic heterocycles. The van der Waals surface area contributed by atoms with Gasteiger partial charge in [-0.05, 0) is 24.0 Å². The van der Waals surface area contributed by atoms with Crippen molar-refractivity contribution < 1.29 is 0 Å². The van der Waals surface area contributed by atoms with Crippen LogP contribution in [-0.2, 0) is 10.8 Å². The quantitative estimate of drug-likeness (QED) is 0.453. The maximum atomic E-state index is 6.35. The molecular weight excluding hydrogens is 404 g/mol. The summed E-state index contributed by atoms with van der Waals surface area (Å²) in [5, 5.41) is 0. The number of alkyl halides is 7. The van der Waals surface area contributed by atoms with Crippen molar-refractivity contribution in [1.29, 1.82) is 0 Å². The Labute approximate surface area is 154 Å².